The molecule has 0 radical (unpaired) electrons. The number of nitrogens with zero attached hydrogens (tertiary/aromatic N) is 2. The Morgan fingerprint density at radius 3 is 2.18 bits per heavy atom. The predicted octanol–water partition coefficient (Wildman–Crippen LogP) is 3.33. The molecule has 1 amide bonds. The van der Waals surface area contributed by atoms with Crippen molar-refractivity contribution in [1.82, 2.24) is 9.21 Å². The maximum absolute atomic E-state index is 12.8. The first-order valence-corrected chi connectivity index (χ1v) is 11.1. The van der Waals surface area contributed by atoms with Gasteiger partial charge in [-0.05, 0) is 24.3 Å². The monoisotopic (exact) mass is 441 g/mol. The first-order chi connectivity index (χ1) is 13.4. The third-order valence-electron chi connectivity index (χ3n) is 4.59. The number of amides is 1. The zero-order chi connectivity index (χ0) is 20.1. The number of hydrogen-bond acceptors (Lipinski definition) is 4. The Morgan fingerprint density at radius 1 is 0.929 bits per heavy atom. The summed E-state index contributed by atoms with van der Waals surface area (Å²) in [4.78, 5) is 14.3. The van der Waals surface area contributed by atoms with Crippen LogP contribution in [0.2, 0.25) is 10.0 Å². The Labute approximate surface area is 175 Å². The van der Waals surface area contributed by atoms with E-state index in [-0.39, 0.29) is 15.8 Å². The maximum Gasteiger partial charge on any atom is 0.244 e. The molecule has 3 rings (SSSR count). The van der Waals surface area contributed by atoms with Crippen LogP contribution in [0.15, 0.2) is 53.4 Å². The van der Waals surface area contributed by atoms with Crippen molar-refractivity contribution in [2.45, 2.75) is 11.3 Å². The smallest absolute Gasteiger partial charge is 0.244 e. The van der Waals surface area contributed by atoms with Gasteiger partial charge in [-0.3, -0.25) is 4.79 Å². The summed E-state index contributed by atoms with van der Waals surface area (Å²) < 4.78 is 27.0. The van der Waals surface area contributed by atoms with E-state index >= 15 is 0 Å². The van der Waals surface area contributed by atoms with E-state index in [0.717, 1.165) is 0 Å². The number of halogens is 2. The number of rotatable bonds is 6. The van der Waals surface area contributed by atoms with Gasteiger partial charge in [0, 0.05) is 39.1 Å². The van der Waals surface area contributed by atoms with Gasteiger partial charge < -0.3 is 10.2 Å². The van der Waals surface area contributed by atoms with Crippen LogP contribution in [0.5, 0.6) is 0 Å². The number of nitrogens with one attached hydrogen (secondary N) is 1. The highest BCUT2D eigenvalue weighted by atomic mass is 35.5. The Bertz CT molecular complexity index is 945. The largest absolute Gasteiger partial charge is 0.325 e. The van der Waals surface area contributed by atoms with Crippen LogP contribution in [0, 0.1) is 0 Å². The highest BCUT2D eigenvalue weighted by Crippen LogP contribution is 2.25. The van der Waals surface area contributed by atoms with E-state index in [0.29, 0.717) is 49.9 Å². The molecule has 1 N–H and O–H groups in total. The van der Waals surface area contributed by atoms with Gasteiger partial charge in [-0.1, -0.05) is 47.5 Å². The molecule has 1 aliphatic rings. The molecule has 0 spiro atoms. The zero-order valence-corrected chi connectivity index (χ0v) is 17.5. The Morgan fingerprint density at radius 2 is 1.54 bits per heavy atom. The molecule has 2 aromatic carbocycles. The minimum atomic E-state index is -3.61. The van der Waals surface area contributed by atoms with Crippen LogP contribution in [-0.2, 0) is 14.8 Å². The molecule has 6 nitrogen and oxygen atoms in total. The van der Waals surface area contributed by atoms with Crippen molar-refractivity contribution in [1.29, 1.82) is 0 Å². The quantitative estimate of drug-likeness (QED) is 0.745. The van der Waals surface area contributed by atoms with Gasteiger partial charge in [0.25, 0.3) is 0 Å². The van der Waals surface area contributed by atoms with Crippen molar-refractivity contribution in [3.8, 4) is 0 Å². The Kier molecular flexibility index (Phi) is 6.95. The van der Waals surface area contributed by atoms with E-state index < -0.39 is 10.0 Å². The number of piperazine rings is 1. The summed E-state index contributed by atoms with van der Waals surface area (Å²) in [5.41, 5.74) is 0.588. The topological polar surface area (TPSA) is 69.7 Å². The molecule has 0 aromatic heterocycles. The number of benzene rings is 2. The van der Waals surface area contributed by atoms with E-state index in [1.54, 1.807) is 42.5 Å². The van der Waals surface area contributed by atoms with Crippen molar-refractivity contribution >= 4 is 44.8 Å². The van der Waals surface area contributed by atoms with Crippen molar-refractivity contribution in [3.05, 3.63) is 58.6 Å². The summed E-state index contributed by atoms with van der Waals surface area (Å²) in [5, 5.41) is 3.51. The first kappa shape index (κ1) is 21.1. The van der Waals surface area contributed by atoms with Gasteiger partial charge in [0.2, 0.25) is 15.9 Å². The number of hydrogen-bond donors (Lipinski definition) is 1. The Hall–Kier alpha value is -1.64. The van der Waals surface area contributed by atoms with Crippen molar-refractivity contribution in [2.75, 3.05) is 38.0 Å². The van der Waals surface area contributed by atoms with Crippen molar-refractivity contribution < 1.29 is 13.2 Å². The highest BCUT2D eigenvalue weighted by Gasteiger charge is 2.29. The zero-order valence-electron chi connectivity index (χ0n) is 15.1. The maximum atomic E-state index is 12.8. The lowest BCUT2D eigenvalue weighted by Crippen LogP contribution is -2.49. The lowest BCUT2D eigenvalue weighted by molar-refractivity contribution is -0.116. The molecule has 1 saturated heterocycles. The molecule has 0 saturated carbocycles. The van der Waals surface area contributed by atoms with E-state index in [9.17, 15) is 13.2 Å². The average molecular weight is 442 g/mol. The molecule has 1 heterocycles. The highest BCUT2D eigenvalue weighted by molar-refractivity contribution is 7.89. The molecule has 28 heavy (non-hydrogen) atoms. The lowest BCUT2D eigenvalue weighted by atomic mass is 10.3. The minimum absolute atomic E-state index is 0.126. The van der Waals surface area contributed by atoms with Crippen LogP contribution < -0.4 is 5.32 Å². The standard InChI is InChI=1S/C19H21Cl2N3O3S/c20-15-5-1-3-7-17(15)22-19(25)9-10-23-11-13-24(14-12-23)28(26,27)18-8-4-2-6-16(18)21/h1-8H,9-14H2,(H,22,25). The molecule has 0 atom stereocenters. The fourth-order valence-corrected chi connectivity index (χ4v) is 5.12. The molecule has 1 aliphatic heterocycles. The number of para-hydroxylation sites is 1. The third kappa shape index (κ3) is 5.04. The van der Waals surface area contributed by atoms with Gasteiger partial charge in [-0.25, -0.2) is 8.42 Å². The minimum Gasteiger partial charge on any atom is -0.325 e. The number of sulfonamides is 1. The predicted molar refractivity (Wildman–Crippen MR) is 111 cm³/mol. The summed E-state index contributed by atoms with van der Waals surface area (Å²) in [6, 6.07) is 13.5. The molecule has 150 valence electrons. The van der Waals surface area contributed by atoms with E-state index in [4.69, 9.17) is 23.2 Å². The summed E-state index contributed by atoms with van der Waals surface area (Å²) in [6.45, 7) is 2.39. The normalized spacial score (nSPS) is 16.1. The van der Waals surface area contributed by atoms with Crippen molar-refractivity contribution in [3.63, 3.8) is 0 Å². The van der Waals surface area contributed by atoms with Crippen LogP contribution in [0.4, 0.5) is 5.69 Å². The molecular weight excluding hydrogens is 421 g/mol. The Balaban J connectivity index is 1.50. The van der Waals surface area contributed by atoms with E-state index in [1.165, 1.54) is 10.4 Å². The van der Waals surface area contributed by atoms with Crippen LogP contribution in [0.3, 0.4) is 0 Å². The summed E-state index contributed by atoms with van der Waals surface area (Å²) >= 11 is 12.1. The van der Waals surface area contributed by atoms with Gasteiger partial charge in [0.15, 0.2) is 0 Å². The van der Waals surface area contributed by atoms with Crippen LogP contribution >= 0.6 is 23.2 Å². The summed E-state index contributed by atoms with van der Waals surface area (Å²) in [6.07, 6.45) is 0.308. The second-order valence-corrected chi connectivity index (χ2v) is 9.17. The van der Waals surface area contributed by atoms with E-state index in [1.807, 2.05) is 0 Å². The average Bonchev–Trinajstić information content (AvgIpc) is 2.69. The second-order valence-electron chi connectivity index (χ2n) is 6.45. The van der Waals surface area contributed by atoms with Gasteiger partial charge >= 0.3 is 0 Å². The number of carbonyl (C=O) groups excluding carboxylic acids is 1. The van der Waals surface area contributed by atoms with Gasteiger partial charge in [0.1, 0.15) is 4.90 Å². The molecule has 1 fully saturated rings. The molecule has 0 unspecified atom stereocenters. The number of carbonyl (C=O) groups is 1. The molecule has 9 heteroatoms. The van der Waals surface area contributed by atoms with Crippen LogP contribution in [-0.4, -0.2) is 56.3 Å². The van der Waals surface area contributed by atoms with Gasteiger partial charge in [-0.2, -0.15) is 4.31 Å². The summed E-state index contributed by atoms with van der Waals surface area (Å²) in [7, 11) is -3.61. The summed E-state index contributed by atoms with van der Waals surface area (Å²) in [5.74, 6) is -0.126. The third-order valence-corrected chi connectivity index (χ3v) is 7.32. The van der Waals surface area contributed by atoms with Crippen LogP contribution in [0.25, 0.3) is 0 Å². The van der Waals surface area contributed by atoms with Crippen molar-refractivity contribution in [2.24, 2.45) is 0 Å². The molecule has 2 aromatic rings. The molecular formula is C19H21Cl2N3O3S. The first-order valence-electron chi connectivity index (χ1n) is 8.89. The fraction of sp³-hybridized carbons (Fsp3) is 0.316. The second kappa shape index (κ2) is 9.24. The van der Waals surface area contributed by atoms with E-state index in [2.05, 4.69) is 10.2 Å². The van der Waals surface area contributed by atoms with Gasteiger partial charge in [0.05, 0.1) is 15.7 Å². The van der Waals surface area contributed by atoms with Crippen LogP contribution in [0.1, 0.15) is 6.42 Å². The fourth-order valence-electron chi connectivity index (χ4n) is 3.02. The number of anilines is 1. The SMILES string of the molecule is O=C(CCN1CCN(S(=O)(=O)c2ccccc2Cl)CC1)Nc1ccccc1Cl. The molecule has 0 bridgehead atoms. The lowest BCUT2D eigenvalue weighted by Gasteiger charge is -2.34. The van der Waals surface area contributed by atoms with Gasteiger partial charge in [-0.15, -0.1) is 0 Å². The molecule has 0 aliphatic carbocycles.